The van der Waals surface area contributed by atoms with Gasteiger partial charge in [-0.25, -0.2) is 23.5 Å². The number of halogens is 3. The molecule has 36 heavy (non-hydrogen) atoms. The van der Waals surface area contributed by atoms with Gasteiger partial charge in [-0.3, -0.25) is 0 Å². The number of carbonyl (C=O) groups excluding carboxylic acids is 1. The van der Waals surface area contributed by atoms with Crippen LogP contribution in [0.4, 0.5) is 25.1 Å². The Hall–Kier alpha value is -3.24. The van der Waals surface area contributed by atoms with Gasteiger partial charge in [-0.15, -0.1) is 0 Å². The van der Waals surface area contributed by atoms with Crippen LogP contribution in [0.5, 0.6) is 5.75 Å². The number of methoxy groups -OCH3 is 1. The summed E-state index contributed by atoms with van der Waals surface area (Å²) in [6, 6.07) is 5.94. The first-order chi connectivity index (χ1) is 17.1. The summed E-state index contributed by atoms with van der Waals surface area (Å²) < 4.78 is 44.9. The molecule has 1 aromatic heterocycles. The molecule has 0 atom stereocenters. The number of likely N-dealkylation sites (tertiary alicyclic amines) is 1. The van der Waals surface area contributed by atoms with Crippen molar-refractivity contribution in [2.24, 2.45) is 0 Å². The van der Waals surface area contributed by atoms with Crippen LogP contribution in [0.3, 0.4) is 0 Å². The predicted octanol–water partition coefficient (Wildman–Crippen LogP) is 5.49. The Morgan fingerprint density at radius 2 is 1.97 bits per heavy atom. The van der Waals surface area contributed by atoms with Crippen LogP contribution in [0.25, 0.3) is 10.9 Å². The van der Waals surface area contributed by atoms with Gasteiger partial charge in [-0.05, 0) is 57.0 Å². The van der Waals surface area contributed by atoms with E-state index in [0.29, 0.717) is 48.6 Å². The van der Waals surface area contributed by atoms with Crippen molar-refractivity contribution < 1.29 is 27.8 Å². The first-order valence-electron chi connectivity index (χ1n) is 11.4. The third-order valence-corrected chi connectivity index (χ3v) is 5.82. The molecule has 1 aliphatic rings. The Morgan fingerprint density at radius 1 is 1.22 bits per heavy atom. The van der Waals surface area contributed by atoms with Crippen LogP contribution in [-0.4, -0.2) is 59.5 Å². The Kier molecular flexibility index (Phi) is 7.46. The fraction of sp³-hybridized carbons (Fsp3) is 0.400. The number of aromatic nitrogens is 2. The van der Waals surface area contributed by atoms with Crippen molar-refractivity contribution >= 4 is 40.1 Å². The van der Waals surface area contributed by atoms with Crippen molar-refractivity contribution in [1.82, 2.24) is 14.9 Å². The summed E-state index contributed by atoms with van der Waals surface area (Å²) in [5.74, 6) is -0.905. The lowest BCUT2D eigenvalue weighted by atomic mass is 10.1. The predicted molar refractivity (Wildman–Crippen MR) is 132 cm³/mol. The standard InChI is InChI=1S/C25H27ClF2N4O4/c1-25(2,3)36-24(33)32-11-15(12-32)35-20-10-16-19(9-14(20)7-8-34-4)29-13-30-23(16)31-18-6-5-17(27)21(26)22(18)28/h5-6,9-10,13,15H,7-8,11-12H2,1-4H3,(H,29,30,31). The molecule has 11 heteroatoms. The molecule has 1 N–H and O–H groups in total. The molecular weight excluding hydrogens is 494 g/mol. The lowest BCUT2D eigenvalue weighted by Crippen LogP contribution is -2.57. The highest BCUT2D eigenvalue weighted by molar-refractivity contribution is 6.31. The minimum absolute atomic E-state index is 0.0284. The van der Waals surface area contributed by atoms with Gasteiger partial charge >= 0.3 is 6.09 Å². The number of hydrogen-bond donors (Lipinski definition) is 1. The molecule has 192 valence electrons. The third kappa shape index (κ3) is 5.76. The zero-order chi connectivity index (χ0) is 26.0. The Bertz CT molecular complexity index is 1280. The van der Waals surface area contributed by atoms with Crippen molar-refractivity contribution in [1.29, 1.82) is 0 Å². The first-order valence-corrected chi connectivity index (χ1v) is 11.7. The van der Waals surface area contributed by atoms with Gasteiger partial charge in [0.05, 0.1) is 30.9 Å². The molecule has 3 aromatic rings. The van der Waals surface area contributed by atoms with Crippen molar-refractivity contribution in [2.45, 2.75) is 38.9 Å². The van der Waals surface area contributed by atoms with Crippen LogP contribution in [0.1, 0.15) is 26.3 Å². The first kappa shape index (κ1) is 25.8. The molecule has 0 saturated carbocycles. The van der Waals surface area contributed by atoms with E-state index in [9.17, 15) is 13.6 Å². The van der Waals surface area contributed by atoms with Gasteiger partial charge in [0.2, 0.25) is 0 Å². The molecule has 1 fully saturated rings. The quantitative estimate of drug-likeness (QED) is 0.412. The smallest absolute Gasteiger partial charge is 0.410 e. The summed E-state index contributed by atoms with van der Waals surface area (Å²) in [6.07, 6.45) is 1.30. The summed E-state index contributed by atoms with van der Waals surface area (Å²) in [5.41, 5.74) is 0.857. The molecule has 0 spiro atoms. The average Bonchev–Trinajstić information content (AvgIpc) is 2.79. The number of hydrogen-bond acceptors (Lipinski definition) is 7. The van der Waals surface area contributed by atoms with E-state index in [1.807, 2.05) is 26.8 Å². The zero-order valence-corrected chi connectivity index (χ0v) is 21.2. The molecule has 8 nitrogen and oxygen atoms in total. The van der Waals surface area contributed by atoms with Crippen LogP contribution in [0.15, 0.2) is 30.6 Å². The topological polar surface area (TPSA) is 85.8 Å². The van der Waals surface area contributed by atoms with E-state index in [-0.39, 0.29) is 17.9 Å². The van der Waals surface area contributed by atoms with Crippen molar-refractivity contribution in [3.05, 3.63) is 52.8 Å². The van der Waals surface area contributed by atoms with E-state index in [1.165, 1.54) is 12.4 Å². The number of anilines is 2. The Balaban J connectivity index is 1.60. The Morgan fingerprint density at radius 3 is 2.67 bits per heavy atom. The zero-order valence-electron chi connectivity index (χ0n) is 20.4. The minimum atomic E-state index is -0.923. The highest BCUT2D eigenvalue weighted by Crippen LogP contribution is 2.34. The Labute approximate surface area is 212 Å². The fourth-order valence-corrected chi connectivity index (χ4v) is 3.83. The van der Waals surface area contributed by atoms with Gasteiger partial charge in [0.1, 0.15) is 40.4 Å². The van der Waals surface area contributed by atoms with Crippen LogP contribution in [-0.2, 0) is 15.9 Å². The summed E-state index contributed by atoms with van der Waals surface area (Å²) in [6.45, 7) is 6.67. The minimum Gasteiger partial charge on any atom is -0.486 e. The molecule has 0 unspecified atom stereocenters. The van der Waals surface area contributed by atoms with Crippen molar-refractivity contribution in [3.63, 3.8) is 0 Å². The number of nitrogens with one attached hydrogen (secondary N) is 1. The van der Waals surface area contributed by atoms with E-state index in [4.69, 9.17) is 25.8 Å². The SMILES string of the molecule is COCCc1cc2ncnc(Nc3ccc(F)c(Cl)c3F)c2cc1OC1CN(C(=O)OC(C)(C)C)C1. The van der Waals surface area contributed by atoms with Gasteiger partial charge in [0, 0.05) is 12.5 Å². The second-order valence-corrected chi connectivity index (χ2v) is 9.79. The molecule has 1 amide bonds. The third-order valence-electron chi connectivity index (χ3n) is 5.47. The van der Waals surface area contributed by atoms with Gasteiger partial charge in [-0.1, -0.05) is 11.6 Å². The van der Waals surface area contributed by atoms with Gasteiger partial charge in [0.25, 0.3) is 0 Å². The van der Waals surface area contributed by atoms with Crippen molar-refractivity contribution in [3.8, 4) is 5.75 Å². The molecule has 0 aliphatic carbocycles. The maximum Gasteiger partial charge on any atom is 0.410 e. The normalized spacial score (nSPS) is 14.0. The lowest BCUT2D eigenvalue weighted by molar-refractivity contribution is -0.0223. The number of carbonyl (C=O) groups is 1. The number of amides is 1. The maximum absolute atomic E-state index is 14.5. The molecule has 4 rings (SSSR count). The molecule has 0 radical (unpaired) electrons. The van der Waals surface area contributed by atoms with Crippen LogP contribution in [0.2, 0.25) is 5.02 Å². The fourth-order valence-electron chi connectivity index (χ4n) is 3.66. The van der Waals surface area contributed by atoms with E-state index < -0.39 is 22.3 Å². The number of nitrogens with zero attached hydrogens (tertiary/aromatic N) is 3. The summed E-state index contributed by atoms with van der Waals surface area (Å²) in [5, 5.41) is 2.83. The molecule has 1 aliphatic heterocycles. The largest absolute Gasteiger partial charge is 0.486 e. The van der Waals surface area contributed by atoms with Gasteiger partial charge in [0.15, 0.2) is 5.82 Å². The number of benzene rings is 2. The highest BCUT2D eigenvalue weighted by atomic mass is 35.5. The average molecular weight is 521 g/mol. The highest BCUT2D eigenvalue weighted by Gasteiger charge is 2.35. The van der Waals surface area contributed by atoms with E-state index in [2.05, 4.69) is 15.3 Å². The second kappa shape index (κ2) is 10.4. The van der Waals surface area contributed by atoms with Gasteiger partial charge in [-0.2, -0.15) is 0 Å². The summed E-state index contributed by atoms with van der Waals surface area (Å²) in [4.78, 5) is 22.4. The summed E-state index contributed by atoms with van der Waals surface area (Å²) >= 11 is 5.72. The molecule has 2 aromatic carbocycles. The summed E-state index contributed by atoms with van der Waals surface area (Å²) in [7, 11) is 1.61. The van der Waals surface area contributed by atoms with Gasteiger partial charge < -0.3 is 24.4 Å². The van der Waals surface area contributed by atoms with E-state index in [1.54, 1.807) is 18.1 Å². The molecule has 1 saturated heterocycles. The molecule has 0 bridgehead atoms. The molecular formula is C25H27ClF2N4O4. The van der Waals surface area contributed by atoms with E-state index in [0.717, 1.165) is 11.6 Å². The second-order valence-electron chi connectivity index (χ2n) is 9.42. The van der Waals surface area contributed by atoms with Crippen LogP contribution < -0.4 is 10.1 Å². The number of fused-ring (bicyclic) bond motifs is 1. The van der Waals surface area contributed by atoms with Crippen molar-refractivity contribution in [2.75, 3.05) is 32.1 Å². The number of ether oxygens (including phenoxy) is 3. The maximum atomic E-state index is 14.5. The van der Waals surface area contributed by atoms with E-state index >= 15 is 0 Å². The van der Waals surface area contributed by atoms with Crippen LogP contribution >= 0.6 is 11.6 Å². The monoisotopic (exact) mass is 520 g/mol. The molecule has 2 heterocycles. The van der Waals surface area contributed by atoms with Crippen LogP contribution in [0, 0.1) is 11.6 Å². The number of rotatable bonds is 7. The lowest BCUT2D eigenvalue weighted by Gasteiger charge is -2.39.